The number of amides is 1. The van der Waals surface area contributed by atoms with Gasteiger partial charge in [-0.05, 0) is 68.8 Å². The molecule has 0 saturated carbocycles. The molecule has 160 valence electrons. The molecule has 8 heteroatoms. The molecule has 4 rings (SSSR count). The van der Waals surface area contributed by atoms with Crippen LogP contribution in [0.15, 0.2) is 55.0 Å². The van der Waals surface area contributed by atoms with E-state index in [1.165, 1.54) is 12.1 Å². The van der Waals surface area contributed by atoms with Crippen molar-refractivity contribution in [2.24, 2.45) is 0 Å². The molecule has 3 aromatic rings. The van der Waals surface area contributed by atoms with Gasteiger partial charge in [0, 0.05) is 24.0 Å². The summed E-state index contributed by atoms with van der Waals surface area (Å²) in [6, 6.07) is 9.68. The molecule has 1 aliphatic heterocycles. The van der Waals surface area contributed by atoms with Crippen LogP contribution < -0.4 is 10.6 Å². The lowest BCUT2D eigenvalue weighted by Gasteiger charge is -2.31. The zero-order valence-electron chi connectivity index (χ0n) is 17.4. The van der Waals surface area contributed by atoms with E-state index >= 15 is 0 Å². The van der Waals surface area contributed by atoms with Crippen LogP contribution in [0.4, 0.5) is 21.7 Å². The van der Waals surface area contributed by atoms with Crippen molar-refractivity contribution < 1.29 is 9.18 Å². The van der Waals surface area contributed by atoms with E-state index in [-0.39, 0.29) is 11.7 Å². The second-order valence-corrected chi connectivity index (χ2v) is 7.73. The number of likely N-dealkylation sites (tertiary alicyclic amines) is 1. The Morgan fingerprint density at radius 1 is 1.16 bits per heavy atom. The number of nitrogens with zero attached hydrogens (tertiary/aromatic N) is 4. The highest BCUT2D eigenvalue weighted by molar-refractivity contribution is 5.92. The van der Waals surface area contributed by atoms with E-state index in [4.69, 9.17) is 4.98 Å². The Morgan fingerprint density at radius 2 is 1.94 bits per heavy atom. The maximum absolute atomic E-state index is 13.0. The maximum Gasteiger partial charge on any atom is 0.238 e. The molecule has 0 atom stereocenters. The standard InChI is InChI=1S/C23H25FN6O/c1-16-3-2-10-26-23(16)29-21-14-25-13-20(28-21)17-8-11-30(12-9-17)15-22(31)27-19-6-4-18(24)5-7-19/h2-7,10,13-14,17H,8-9,11-12,15H2,1H3,(H,27,31)(H,26,28,29). The molecule has 0 aliphatic carbocycles. The van der Waals surface area contributed by atoms with Crippen molar-refractivity contribution in [1.82, 2.24) is 19.9 Å². The lowest BCUT2D eigenvalue weighted by Crippen LogP contribution is -2.38. The van der Waals surface area contributed by atoms with Crippen LogP contribution in [-0.2, 0) is 4.79 Å². The van der Waals surface area contributed by atoms with E-state index in [9.17, 15) is 9.18 Å². The lowest BCUT2D eigenvalue weighted by molar-refractivity contribution is -0.117. The normalized spacial score (nSPS) is 14.9. The highest BCUT2D eigenvalue weighted by Gasteiger charge is 2.23. The van der Waals surface area contributed by atoms with E-state index in [1.807, 2.05) is 25.3 Å². The molecule has 0 spiro atoms. The van der Waals surface area contributed by atoms with E-state index in [0.717, 1.165) is 43.0 Å². The topological polar surface area (TPSA) is 83.0 Å². The van der Waals surface area contributed by atoms with Crippen LogP contribution >= 0.6 is 0 Å². The first-order valence-corrected chi connectivity index (χ1v) is 10.3. The molecule has 1 saturated heterocycles. The van der Waals surface area contributed by atoms with Gasteiger partial charge < -0.3 is 10.6 Å². The smallest absolute Gasteiger partial charge is 0.238 e. The highest BCUT2D eigenvalue weighted by Crippen LogP contribution is 2.27. The summed E-state index contributed by atoms with van der Waals surface area (Å²) in [4.78, 5) is 27.8. The summed E-state index contributed by atoms with van der Waals surface area (Å²) in [6.07, 6.45) is 7.08. The van der Waals surface area contributed by atoms with E-state index in [0.29, 0.717) is 24.0 Å². The molecule has 2 aromatic heterocycles. The predicted octanol–water partition coefficient (Wildman–Crippen LogP) is 3.88. The zero-order chi connectivity index (χ0) is 21.6. The number of halogens is 1. The van der Waals surface area contributed by atoms with Crippen LogP contribution in [0.25, 0.3) is 0 Å². The Morgan fingerprint density at radius 3 is 2.68 bits per heavy atom. The number of rotatable bonds is 6. The van der Waals surface area contributed by atoms with Gasteiger partial charge in [-0.3, -0.25) is 14.7 Å². The van der Waals surface area contributed by atoms with Gasteiger partial charge in [-0.1, -0.05) is 6.07 Å². The summed E-state index contributed by atoms with van der Waals surface area (Å²) in [6.45, 7) is 3.92. The van der Waals surface area contributed by atoms with Crippen molar-refractivity contribution in [2.75, 3.05) is 30.3 Å². The third kappa shape index (κ3) is 5.61. The van der Waals surface area contributed by atoms with Gasteiger partial charge in [0.25, 0.3) is 0 Å². The molecule has 3 heterocycles. The van der Waals surface area contributed by atoms with Gasteiger partial charge in [-0.2, -0.15) is 0 Å². The third-order valence-electron chi connectivity index (χ3n) is 5.41. The minimum atomic E-state index is -0.322. The van der Waals surface area contributed by atoms with Crippen molar-refractivity contribution in [3.8, 4) is 0 Å². The number of nitrogens with one attached hydrogen (secondary N) is 2. The number of piperidine rings is 1. The molecule has 2 N–H and O–H groups in total. The SMILES string of the molecule is Cc1cccnc1Nc1cncc(C2CCN(CC(=O)Nc3ccc(F)cc3)CC2)n1. The first-order chi connectivity index (χ1) is 15.1. The molecule has 31 heavy (non-hydrogen) atoms. The Kier molecular flexibility index (Phi) is 6.47. The molecule has 7 nitrogen and oxygen atoms in total. The molecule has 0 radical (unpaired) electrons. The number of aryl methyl sites for hydroxylation is 1. The Balaban J connectivity index is 1.30. The van der Waals surface area contributed by atoms with Gasteiger partial charge in [-0.15, -0.1) is 0 Å². The molecular weight excluding hydrogens is 395 g/mol. The van der Waals surface area contributed by atoms with Crippen molar-refractivity contribution in [3.05, 3.63) is 72.1 Å². The van der Waals surface area contributed by atoms with Crippen LogP contribution in [0.5, 0.6) is 0 Å². The van der Waals surface area contributed by atoms with E-state index in [1.54, 1.807) is 24.5 Å². The summed E-state index contributed by atoms with van der Waals surface area (Å²) >= 11 is 0. The van der Waals surface area contributed by atoms with E-state index < -0.39 is 0 Å². The molecule has 1 amide bonds. The quantitative estimate of drug-likeness (QED) is 0.630. The summed E-state index contributed by atoms with van der Waals surface area (Å²) in [5.41, 5.74) is 2.60. The number of carbonyl (C=O) groups excluding carboxylic acids is 1. The molecule has 1 fully saturated rings. The van der Waals surface area contributed by atoms with Gasteiger partial charge >= 0.3 is 0 Å². The van der Waals surface area contributed by atoms with Gasteiger partial charge in [0.15, 0.2) is 0 Å². The predicted molar refractivity (Wildman–Crippen MR) is 118 cm³/mol. The number of aromatic nitrogens is 3. The van der Waals surface area contributed by atoms with Crippen molar-refractivity contribution in [1.29, 1.82) is 0 Å². The summed E-state index contributed by atoms with van der Waals surface area (Å²) in [5, 5.41) is 6.05. The number of carbonyl (C=O) groups is 1. The third-order valence-corrected chi connectivity index (χ3v) is 5.41. The molecule has 0 unspecified atom stereocenters. The summed E-state index contributed by atoms with van der Waals surface area (Å²) < 4.78 is 13.0. The number of benzene rings is 1. The lowest BCUT2D eigenvalue weighted by atomic mass is 9.94. The van der Waals surface area contributed by atoms with Crippen LogP contribution in [0.3, 0.4) is 0 Å². The zero-order valence-corrected chi connectivity index (χ0v) is 17.4. The van der Waals surface area contributed by atoms with E-state index in [2.05, 4.69) is 25.5 Å². The Hall–Kier alpha value is -3.39. The largest absolute Gasteiger partial charge is 0.325 e. The van der Waals surface area contributed by atoms with Gasteiger partial charge in [0.1, 0.15) is 17.5 Å². The number of hydrogen-bond acceptors (Lipinski definition) is 6. The maximum atomic E-state index is 13.0. The van der Waals surface area contributed by atoms with Crippen molar-refractivity contribution >= 4 is 23.2 Å². The average molecular weight is 420 g/mol. The molecule has 1 aliphatic rings. The fourth-order valence-electron chi connectivity index (χ4n) is 3.70. The number of anilines is 3. The van der Waals surface area contributed by atoms with Crippen LogP contribution in [0, 0.1) is 12.7 Å². The number of hydrogen-bond donors (Lipinski definition) is 2. The minimum absolute atomic E-state index is 0.0956. The van der Waals surface area contributed by atoms with Crippen LogP contribution in [-0.4, -0.2) is 45.4 Å². The second kappa shape index (κ2) is 9.61. The first-order valence-electron chi connectivity index (χ1n) is 10.3. The molecule has 1 aromatic carbocycles. The fourth-order valence-corrected chi connectivity index (χ4v) is 3.70. The van der Waals surface area contributed by atoms with Gasteiger partial charge in [0.05, 0.1) is 18.4 Å². The van der Waals surface area contributed by atoms with Crippen LogP contribution in [0.2, 0.25) is 0 Å². The Labute approximate surface area is 180 Å². The minimum Gasteiger partial charge on any atom is -0.325 e. The molecule has 0 bridgehead atoms. The highest BCUT2D eigenvalue weighted by atomic mass is 19.1. The number of pyridine rings is 1. The Bertz CT molecular complexity index is 1030. The van der Waals surface area contributed by atoms with Crippen molar-refractivity contribution in [3.63, 3.8) is 0 Å². The monoisotopic (exact) mass is 420 g/mol. The summed E-state index contributed by atoms with van der Waals surface area (Å²) in [5.74, 6) is 1.34. The van der Waals surface area contributed by atoms with Gasteiger partial charge in [0.2, 0.25) is 5.91 Å². The average Bonchev–Trinajstić information content (AvgIpc) is 2.78. The van der Waals surface area contributed by atoms with Crippen molar-refractivity contribution in [2.45, 2.75) is 25.7 Å². The molecular formula is C23H25FN6O. The summed E-state index contributed by atoms with van der Waals surface area (Å²) in [7, 11) is 0. The van der Waals surface area contributed by atoms with Crippen LogP contribution in [0.1, 0.15) is 30.0 Å². The second-order valence-electron chi connectivity index (χ2n) is 7.73. The van der Waals surface area contributed by atoms with Gasteiger partial charge in [-0.25, -0.2) is 14.4 Å². The fraction of sp³-hybridized carbons (Fsp3) is 0.304. The first kappa shape index (κ1) is 20.9.